The van der Waals surface area contributed by atoms with Crippen LogP contribution in [0.25, 0.3) is 0 Å². The number of carbonyl (C=O) groups is 11. The van der Waals surface area contributed by atoms with Crippen molar-refractivity contribution in [1.82, 2.24) is 42.5 Å². The number of benzene rings is 1. The van der Waals surface area contributed by atoms with Crippen molar-refractivity contribution in [3.63, 3.8) is 0 Å². The van der Waals surface area contributed by atoms with Crippen molar-refractivity contribution in [3.05, 3.63) is 35.9 Å². The molecule has 0 aliphatic heterocycles. The van der Waals surface area contributed by atoms with Gasteiger partial charge in [-0.3, -0.25) is 47.9 Å². The summed E-state index contributed by atoms with van der Waals surface area (Å²) in [6, 6.07) is -1.94. The third kappa shape index (κ3) is 25.4. The second-order valence-electron chi connectivity index (χ2n) is 19.5. The van der Waals surface area contributed by atoms with Crippen molar-refractivity contribution >= 4 is 65.1 Å². The van der Waals surface area contributed by atoms with Crippen LogP contribution >= 0.6 is 0 Å². The molecule has 0 fully saturated rings. The van der Waals surface area contributed by atoms with E-state index < -0.39 is 139 Å². The standard InChI is InChI=1S/C48H78N10O14/c1-25(2)18-33(55-41(64)30(49)22-29-12-10-9-11-13-29)42(65)51-23-39(61)52-37(24-59)47(70)57-35(20-27(5)6)46(69)54-32(15-17-40(62)63)43(66)56-34(19-26(3)4)45(68)53-31(14-16-38(50)60)44(67)58-36(48(71)72)21-28(7)8/h9-13,25-28,30-37,59H,14-24,49H2,1-8H3,(H2,50,60)(H,51,65)(H,52,61)(H,53,68)(H,54,69)(H,55,64)(H,56,66)(H,57,70)(H,58,67)(H,62,63)(H,71,72)/t30-,31-,32-,33-,34-,35-,36-,37-/m0/s1. The quantitative estimate of drug-likeness (QED) is 0.0372. The highest BCUT2D eigenvalue weighted by molar-refractivity contribution is 5.98. The summed E-state index contributed by atoms with van der Waals surface area (Å²) in [5.74, 6) is -11.4. The van der Waals surface area contributed by atoms with Crippen molar-refractivity contribution in [1.29, 1.82) is 0 Å². The molecule has 404 valence electrons. The Morgan fingerprint density at radius 2 is 0.861 bits per heavy atom. The van der Waals surface area contributed by atoms with E-state index in [1.807, 2.05) is 19.9 Å². The molecule has 0 unspecified atom stereocenters. The first-order chi connectivity index (χ1) is 33.6. The van der Waals surface area contributed by atoms with Gasteiger partial charge in [0.15, 0.2) is 0 Å². The van der Waals surface area contributed by atoms with E-state index in [4.69, 9.17) is 11.5 Å². The van der Waals surface area contributed by atoms with Crippen LogP contribution in [0.5, 0.6) is 0 Å². The van der Waals surface area contributed by atoms with Gasteiger partial charge in [0.05, 0.1) is 19.2 Å². The maximum atomic E-state index is 13.9. The van der Waals surface area contributed by atoms with Crippen molar-refractivity contribution in [2.45, 2.75) is 162 Å². The minimum Gasteiger partial charge on any atom is -0.481 e. The minimum atomic E-state index is -1.65. The van der Waals surface area contributed by atoms with Crippen molar-refractivity contribution in [3.8, 4) is 0 Å². The Balaban J connectivity index is 3.23. The molecule has 24 heteroatoms. The number of amides is 9. The molecular weight excluding hydrogens is 941 g/mol. The molecule has 9 amide bonds. The first-order valence-electron chi connectivity index (χ1n) is 24.2. The fourth-order valence-corrected chi connectivity index (χ4v) is 7.22. The third-order valence-electron chi connectivity index (χ3n) is 10.8. The number of aliphatic hydroxyl groups excluding tert-OH is 1. The first-order valence-corrected chi connectivity index (χ1v) is 24.2. The smallest absolute Gasteiger partial charge is 0.326 e. The molecule has 1 aromatic rings. The Labute approximate surface area is 420 Å². The minimum absolute atomic E-state index is 0.0462. The number of nitrogens with one attached hydrogen (secondary N) is 8. The van der Waals surface area contributed by atoms with Gasteiger partial charge in [-0.25, -0.2) is 4.79 Å². The van der Waals surface area contributed by atoms with E-state index in [2.05, 4.69) is 42.5 Å². The molecule has 0 radical (unpaired) electrons. The molecule has 8 atom stereocenters. The normalized spacial score (nSPS) is 14.6. The van der Waals surface area contributed by atoms with Crippen LogP contribution in [0, 0.1) is 23.7 Å². The summed E-state index contributed by atoms with van der Waals surface area (Å²) in [6.07, 6.45) is -1.49. The average Bonchev–Trinajstić information content (AvgIpc) is 3.28. The number of carboxylic acid groups (broad SMARTS) is 2. The lowest BCUT2D eigenvalue weighted by Crippen LogP contribution is -2.60. The summed E-state index contributed by atoms with van der Waals surface area (Å²) < 4.78 is 0. The lowest BCUT2D eigenvalue weighted by atomic mass is 10.00. The van der Waals surface area contributed by atoms with Gasteiger partial charge in [0.2, 0.25) is 53.2 Å². The van der Waals surface area contributed by atoms with Crippen LogP contribution in [0.4, 0.5) is 0 Å². The molecule has 0 saturated carbocycles. The van der Waals surface area contributed by atoms with Crippen molar-refractivity contribution < 1.29 is 68.1 Å². The third-order valence-corrected chi connectivity index (χ3v) is 10.8. The Morgan fingerprint density at radius 3 is 1.28 bits per heavy atom. The molecule has 24 nitrogen and oxygen atoms in total. The molecule has 0 aromatic heterocycles. The van der Waals surface area contributed by atoms with Crippen LogP contribution in [-0.4, -0.2) is 142 Å². The van der Waals surface area contributed by atoms with Gasteiger partial charge in [-0.1, -0.05) is 85.7 Å². The fourth-order valence-electron chi connectivity index (χ4n) is 7.22. The summed E-state index contributed by atoms with van der Waals surface area (Å²) in [4.78, 5) is 143. The molecule has 15 N–H and O–H groups in total. The van der Waals surface area contributed by atoms with Gasteiger partial charge < -0.3 is 69.3 Å². The van der Waals surface area contributed by atoms with E-state index in [1.54, 1.807) is 65.8 Å². The van der Waals surface area contributed by atoms with E-state index in [9.17, 15) is 68.1 Å². The van der Waals surface area contributed by atoms with Crippen LogP contribution in [0.2, 0.25) is 0 Å². The summed E-state index contributed by atoms with van der Waals surface area (Å²) in [5, 5.41) is 48.9. The maximum Gasteiger partial charge on any atom is 0.326 e. The van der Waals surface area contributed by atoms with E-state index in [1.165, 1.54) is 0 Å². The summed E-state index contributed by atoms with van der Waals surface area (Å²) in [5.41, 5.74) is 12.2. The molecule has 0 heterocycles. The Bertz CT molecular complexity index is 2000. The van der Waals surface area contributed by atoms with Gasteiger partial charge in [-0.05, 0) is 74.2 Å². The van der Waals surface area contributed by atoms with Crippen LogP contribution in [0.1, 0.15) is 112 Å². The largest absolute Gasteiger partial charge is 0.481 e. The predicted octanol–water partition coefficient (Wildman–Crippen LogP) is -1.54. The van der Waals surface area contributed by atoms with Crippen LogP contribution in [-0.2, 0) is 59.2 Å². The molecular formula is C48H78N10O14. The Morgan fingerprint density at radius 1 is 0.486 bits per heavy atom. The number of rotatable bonds is 34. The fraction of sp³-hybridized carbons (Fsp3) is 0.646. The number of hydrogen-bond donors (Lipinski definition) is 13. The highest BCUT2D eigenvalue weighted by Gasteiger charge is 2.35. The molecule has 0 saturated heterocycles. The average molecular weight is 1020 g/mol. The first kappa shape index (κ1) is 63.3. The van der Waals surface area contributed by atoms with Crippen LogP contribution < -0.4 is 54.0 Å². The van der Waals surface area contributed by atoms with Gasteiger partial charge in [0, 0.05) is 12.8 Å². The summed E-state index contributed by atoms with van der Waals surface area (Å²) >= 11 is 0. The molecule has 0 aliphatic carbocycles. The predicted molar refractivity (Wildman–Crippen MR) is 262 cm³/mol. The second kappa shape index (κ2) is 32.3. The highest BCUT2D eigenvalue weighted by Crippen LogP contribution is 2.13. The van der Waals surface area contributed by atoms with E-state index in [-0.39, 0.29) is 68.6 Å². The molecule has 0 spiro atoms. The van der Waals surface area contributed by atoms with Gasteiger partial charge in [0.1, 0.15) is 42.3 Å². The topological polar surface area (TPSA) is 397 Å². The maximum absolute atomic E-state index is 13.9. The van der Waals surface area contributed by atoms with Gasteiger partial charge >= 0.3 is 11.9 Å². The number of hydrogen-bond acceptors (Lipinski definition) is 13. The van der Waals surface area contributed by atoms with Gasteiger partial charge in [-0.15, -0.1) is 0 Å². The Hall–Kier alpha value is -6.69. The second-order valence-corrected chi connectivity index (χ2v) is 19.5. The zero-order valence-electron chi connectivity index (χ0n) is 42.6. The molecule has 72 heavy (non-hydrogen) atoms. The SMILES string of the molecule is CC(C)C[C@H](NC(=O)[C@H](CCC(N)=O)NC(=O)[C@H](CC(C)C)NC(=O)[C@H](CCC(=O)O)NC(=O)[C@H](CC(C)C)NC(=O)[C@H](CO)NC(=O)CNC(=O)[C@H](CC(C)C)NC(=O)[C@@H](N)Cc1ccccc1)C(=O)O. The number of carbonyl (C=O) groups excluding carboxylic acids is 9. The Kier molecular flexibility index (Phi) is 28.4. The van der Waals surface area contributed by atoms with Crippen LogP contribution in [0.3, 0.4) is 0 Å². The van der Waals surface area contributed by atoms with Gasteiger partial charge in [0.25, 0.3) is 0 Å². The molecule has 0 aliphatic rings. The summed E-state index contributed by atoms with van der Waals surface area (Å²) in [7, 11) is 0. The zero-order valence-corrected chi connectivity index (χ0v) is 42.6. The lowest BCUT2D eigenvalue weighted by molar-refractivity contribution is -0.143. The monoisotopic (exact) mass is 1020 g/mol. The van der Waals surface area contributed by atoms with E-state index in [0.717, 1.165) is 5.56 Å². The van der Waals surface area contributed by atoms with E-state index >= 15 is 0 Å². The summed E-state index contributed by atoms with van der Waals surface area (Å²) in [6.45, 7) is 12.3. The van der Waals surface area contributed by atoms with Crippen molar-refractivity contribution in [2.24, 2.45) is 35.1 Å². The number of nitrogens with two attached hydrogens (primary N) is 2. The van der Waals surface area contributed by atoms with E-state index in [0.29, 0.717) is 0 Å². The van der Waals surface area contributed by atoms with Crippen LogP contribution in [0.15, 0.2) is 30.3 Å². The zero-order chi connectivity index (χ0) is 54.8. The number of primary amides is 1. The number of carboxylic acids is 2. The number of aliphatic carboxylic acids is 2. The molecule has 1 aromatic carbocycles. The molecule has 1 rings (SSSR count). The van der Waals surface area contributed by atoms with Crippen molar-refractivity contribution in [2.75, 3.05) is 13.2 Å². The van der Waals surface area contributed by atoms with Gasteiger partial charge in [-0.2, -0.15) is 0 Å². The highest BCUT2D eigenvalue weighted by atomic mass is 16.4. The number of aliphatic hydroxyl groups is 1. The lowest BCUT2D eigenvalue weighted by Gasteiger charge is -2.28. The molecule has 0 bridgehead atoms.